The number of aryl methyl sites for hydroxylation is 1. The van der Waals surface area contributed by atoms with Gasteiger partial charge in [0.2, 0.25) is 0 Å². The lowest BCUT2D eigenvalue weighted by Crippen LogP contribution is -2.53. The zero-order chi connectivity index (χ0) is 26.6. The van der Waals surface area contributed by atoms with E-state index in [1.165, 1.54) is 12.4 Å². The van der Waals surface area contributed by atoms with Crippen molar-refractivity contribution in [2.24, 2.45) is 0 Å². The van der Waals surface area contributed by atoms with Gasteiger partial charge in [-0.2, -0.15) is 0 Å². The lowest BCUT2D eigenvalue weighted by Gasteiger charge is -2.41. The number of anilines is 1. The quantitative estimate of drug-likeness (QED) is 0.513. The maximum absolute atomic E-state index is 15.4. The molecule has 4 heterocycles. The smallest absolute Gasteiger partial charge is 0.254 e. The number of nitrogen functional groups attached to an aromatic ring is 1. The molecular weight excluding hydrogens is 481 g/mol. The standard InChI is InChI=1S/C29H36FN7O/c1-3-25-27(20-7-9-26(31)32-16-20)28(34-18-33-25)19-6-8-23(24(30)15-19)29(38)35-21-5-4-12-37(17-21)22-10-13-36(2)14-11-22/h6-9,15-16,18,21-22H,3-5,10-14,17H2,1-2H3,(H2,31,32)(H,35,38). The molecule has 1 atom stereocenters. The molecule has 200 valence electrons. The highest BCUT2D eigenvalue weighted by molar-refractivity contribution is 5.95. The lowest BCUT2D eigenvalue weighted by atomic mass is 9.96. The van der Waals surface area contributed by atoms with Gasteiger partial charge in [0, 0.05) is 41.5 Å². The largest absolute Gasteiger partial charge is 0.384 e. The number of hydrogen-bond donors (Lipinski definition) is 2. The number of rotatable bonds is 6. The summed E-state index contributed by atoms with van der Waals surface area (Å²) in [6.07, 6.45) is 8.10. The number of pyridine rings is 1. The van der Waals surface area contributed by atoms with E-state index >= 15 is 4.39 Å². The summed E-state index contributed by atoms with van der Waals surface area (Å²) in [6, 6.07) is 8.86. The Labute approximate surface area is 223 Å². The van der Waals surface area contributed by atoms with Crippen LogP contribution < -0.4 is 11.1 Å². The summed E-state index contributed by atoms with van der Waals surface area (Å²) in [5.74, 6) is -0.524. The Morgan fingerprint density at radius 2 is 1.87 bits per heavy atom. The number of nitrogens with zero attached hydrogens (tertiary/aromatic N) is 5. The Morgan fingerprint density at radius 1 is 1.08 bits per heavy atom. The van der Waals surface area contributed by atoms with E-state index in [0.717, 1.165) is 68.7 Å². The van der Waals surface area contributed by atoms with Gasteiger partial charge in [0.1, 0.15) is 18.0 Å². The van der Waals surface area contributed by atoms with Crippen LogP contribution in [0.3, 0.4) is 0 Å². The number of hydrogen-bond acceptors (Lipinski definition) is 7. The number of carbonyl (C=O) groups excluding carboxylic acids is 1. The summed E-state index contributed by atoms with van der Waals surface area (Å²) < 4.78 is 15.4. The number of halogens is 1. The third kappa shape index (κ3) is 5.68. The fraction of sp³-hybridized carbons (Fsp3) is 0.448. The van der Waals surface area contributed by atoms with E-state index in [1.807, 2.05) is 13.0 Å². The SMILES string of the molecule is CCc1ncnc(-c2ccc(C(=O)NC3CCCN(C4CCN(C)CC4)C3)c(F)c2)c1-c1ccc(N)nc1. The van der Waals surface area contributed by atoms with Crippen LogP contribution in [-0.4, -0.2) is 76.0 Å². The molecule has 3 aromatic rings. The molecule has 0 bridgehead atoms. The first-order chi connectivity index (χ1) is 18.4. The lowest BCUT2D eigenvalue weighted by molar-refractivity contribution is 0.0763. The van der Waals surface area contributed by atoms with Gasteiger partial charge in [0.05, 0.1) is 17.0 Å². The third-order valence-corrected chi connectivity index (χ3v) is 7.82. The molecule has 0 saturated carbocycles. The van der Waals surface area contributed by atoms with Gasteiger partial charge in [-0.15, -0.1) is 0 Å². The van der Waals surface area contributed by atoms with Crippen molar-refractivity contribution < 1.29 is 9.18 Å². The molecule has 38 heavy (non-hydrogen) atoms. The van der Waals surface area contributed by atoms with Gasteiger partial charge in [-0.3, -0.25) is 9.69 Å². The van der Waals surface area contributed by atoms with Crippen molar-refractivity contribution in [2.75, 3.05) is 39.0 Å². The number of benzene rings is 1. The average Bonchev–Trinajstić information content (AvgIpc) is 2.93. The van der Waals surface area contributed by atoms with Crippen LogP contribution in [0.1, 0.15) is 48.7 Å². The van der Waals surface area contributed by atoms with Crippen LogP contribution in [0.2, 0.25) is 0 Å². The van der Waals surface area contributed by atoms with Crippen LogP contribution in [0.25, 0.3) is 22.4 Å². The van der Waals surface area contributed by atoms with E-state index in [-0.39, 0.29) is 17.5 Å². The topological polar surface area (TPSA) is 100 Å². The molecule has 1 aromatic carbocycles. The number of nitrogens with one attached hydrogen (secondary N) is 1. The van der Waals surface area contributed by atoms with Crippen LogP contribution in [0.5, 0.6) is 0 Å². The summed E-state index contributed by atoms with van der Waals surface area (Å²) in [5.41, 5.74) is 9.41. The van der Waals surface area contributed by atoms with Crippen molar-refractivity contribution in [1.29, 1.82) is 0 Å². The molecule has 2 fully saturated rings. The first-order valence-corrected chi connectivity index (χ1v) is 13.5. The fourth-order valence-corrected chi connectivity index (χ4v) is 5.69. The molecule has 8 nitrogen and oxygen atoms in total. The van der Waals surface area contributed by atoms with Crippen LogP contribution in [0.15, 0.2) is 42.9 Å². The van der Waals surface area contributed by atoms with Crippen molar-refractivity contribution in [2.45, 2.75) is 51.1 Å². The maximum Gasteiger partial charge on any atom is 0.254 e. The van der Waals surface area contributed by atoms with Crippen molar-refractivity contribution in [3.05, 3.63) is 59.9 Å². The summed E-state index contributed by atoms with van der Waals surface area (Å²) in [6.45, 7) is 6.11. The Bertz CT molecular complexity index is 1270. The molecule has 0 aliphatic carbocycles. The van der Waals surface area contributed by atoms with Crippen LogP contribution in [0, 0.1) is 5.82 Å². The second-order valence-corrected chi connectivity index (χ2v) is 10.4. The Kier molecular flexibility index (Phi) is 7.95. The first-order valence-electron chi connectivity index (χ1n) is 13.5. The normalized spacial score (nSPS) is 19.4. The molecule has 9 heteroatoms. The summed E-state index contributed by atoms with van der Waals surface area (Å²) in [5, 5.41) is 3.10. The molecule has 1 amide bonds. The highest BCUT2D eigenvalue weighted by Crippen LogP contribution is 2.33. The van der Waals surface area contributed by atoms with Crippen molar-refractivity contribution in [3.8, 4) is 22.4 Å². The van der Waals surface area contributed by atoms with Crippen molar-refractivity contribution in [1.82, 2.24) is 30.1 Å². The molecule has 5 rings (SSSR count). The van der Waals surface area contributed by atoms with E-state index < -0.39 is 5.82 Å². The highest BCUT2D eigenvalue weighted by Gasteiger charge is 2.29. The molecule has 0 radical (unpaired) electrons. The molecule has 2 aliphatic rings. The predicted molar refractivity (Wildman–Crippen MR) is 147 cm³/mol. The molecule has 3 N–H and O–H groups in total. The van der Waals surface area contributed by atoms with Crippen molar-refractivity contribution in [3.63, 3.8) is 0 Å². The number of piperidine rings is 2. The number of carbonyl (C=O) groups is 1. The predicted octanol–water partition coefficient (Wildman–Crippen LogP) is 3.78. The summed E-state index contributed by atoms with van der Waals surface area (Å²) >= 11 is 0. The molecule has 2 saturated heterocycles. The van der Waals surface area contributed by atoms with Gasteiger partial charge < -0.3 is 16.0 Å². The van der Waals surface area contributed by atoms with Crippen LogP contribution >= 0.6 is 0 Å². The molecule has 0 spiro atoms. The van der Waals surface area contributed by atoms with E-state index in [0.29, 0.717) is 29.5 Å². The van der Waals surface area contributed by atoms with Crippen molar-refractivity contribution >= 4 is 11.7 Å². The fourth-order valence-electron chi connectivity index (χ4n) is 5.69. The van der Waals surface area contributed by atoms with E-state index in [4.69, 9.17) is 5.73 Å². The third-order valence-electron chi connectivity index (χ3n) is 7.82. The molecule has 2 aliphatic heterocycles. The van der Waals surface area contributed by atoms with Gasteiger partial charge in [-0.05, 0) is 83.1 Å². The maximum atomic E-state index is 15.4. The number of nitrogens with two attached hydrogens (primary N) is 1. The average molecular weight is 518 g/mol. The minimum atomic E-state index is -0.568. The van der Waals surface area contributed by atoms with Crippen LogP contribution in [-0.2, 0) is 6.42 Å². The zero-order valence-electron chi connectivity index (χ0n) is 22.2. The van der Waals surface area contributed by atoms with Gasteiger partial charge in [0.25, 0.3) is 5.91 Å². The zero-order valence-corrected chi connectivity index (χ0v) is 22.2. The Hall–Kier alpha value is -3.43. The van der Waals surface area contributed by atoms with Crippen LogP contribution in [0.4, 0.5) is 10.2 Å². The summed E-state index contributed by atoms with van der Waals surface area (Å²) in [7, 11) is 2.17. The number of aromatic nitrogens is 3. The first kappa shape index (κ1) is 26.2. The molecule has 2 aromatic heterocycles. The summed E-state index contributed by atoms with van der Waals surface area (Å²) in [4.78, 5) is 31.1. The second kappa shape index (κ2) is 11.5. The number of amides is 1. The Balaban J connectivity index is 1.33. The molecular formula is C29H36FN7O. The minimum Gasteiger partial charge on any atom is -0.384 e. The van der Waals surface area contributed by atoms with Gasteiger partial charge in [-0.25, -0.2) is 19.3 Å². The monoisotopic (exact) mass is 517 g/mol. The Morgan fingerprint density at radius 3 is 2.58 bits per heavy atom. The van der Waals surface area contributed by atoms with Gasteiger partial charge in [0.15, 0.2) is 0 Å². The van der Waals surface area contributed by atoms with Gasteiger partial charge in [-0.1, -0.05) is 13.0 Å². The molecule has 1 unspecified atom stereocenters. The van der Waals surface area contributed by atoms with E-state index in [1.54, 1.807) is 24.4 Å². The second-order valence-electron chi connectivity index (χ2n) is 10.4. The minimum absolute atomic E-state index is 0.0218. The van der Waals surface area contributed by atoms with E-state index in [2.05, 4.69) is 37.1 Å². The van der Waals surface area contributed by atoms with Gasteiger partial charge >= 0.3 is 0 Å². The number of likely N-dealkylation sites (tertiary alicyclic amines) is 2. The van der Waals surface area contributed by atoms with E-state index in [9.17, 15) is 4.79 Å². The highest BCUT2D eigenvalue weighted by atomic mass is 19.1.